The van der Waals surface area contributed by atoms with Gasteiger partial charge in [-0.15, -0.1) is 0 Å². The minimum absolute atomic E-state index is 0.341. The molecule has 0 saturated heterocycles. The topological polar surface area (TPSA) is 17.1 Å². The summed E-state index contributed by atoms with van der Waals surface area (Å²) in [4.78, 5) is 11.4. The number of carbonyl (C=O) groups is 1. The Bertz CT molecular complexity index is 394. The summed E-state index contributed by atoms with van der Waals surface area (Å²) >= 11 is 0. The Hall–Kier alpha value is -0.590. The smallest absolute Gasteiger partial charge is 0.129 e. The molecular weight excluding hydrogens is 232 g/mol. The van der Waals surface area contributed by atoms with Crippen molar-refractivity contribution in [3.63, 3.8) is 0 Å². The zero-order chi connectivity index (χ0) is 14.3. The SMILES string of the molecule is CC(=O)CCC1(C)C(C)CCC2(C)C(C)=CCCC21. The molecule has 0 aliphatic heterocycles. The Morgan fingerprint density at radius 2 is 2.05 bits per heavy atom. The van der Waals surface area contributed by atoms with Crippen molar-refractivity contribution in [3.8, 4) is 0 Å². The lowest BCUT2D eigenvalue weighted by Crippen LogP contribution is -2.49. The highest BCUT2D eigenvalue weighted by molar-refractivity contribution is 5.75. The van der Waals surface area contributed by atoms with Crippen molar-refractivity contribution in [2.45, 2.75) is 73.1 Å². The van der Waals surface area contributed by atoms with Crippen LogP contribution in [0, 0.1) is 22.7 Å². The molecule has 0 heterocycles. The maximum atomic E-state index is 11.4. The average Bonchev–Trinajstić information content (AvgIpc) is 2.35. The van der Waals surface area contributed by atoms with Gasteiger partial charge in [0.2, 0.25) is 0 Å². The number of allylic oxidation sites excluding steroid dienone is 2. The minimum atomic E-state index is 0.341. The summed E-state index contributed by atoms with van der Waals surface area (Å²) in [7, 11) is 0. The van der Waals surface area contributed by atoms with Crippen molar-refractivity contribution in [1.29, 1.82) is 0 Å². The first-order valence-electron chi connectivity index (χ1n) is 7.97. The van der Waals surface area contributed by atoms with E-state index in [9.17, 15) is 4.79 Å². The Morgan fingerprint density at radius 3 is 2.68 bits per heavy atom. The molecule has 108 valence electrons. The first-order valence-corrected chi connectivity index (χ1v) is 7.97. The number of carbonyl (C=O) groups excluding carboxylic acids is 1. The van der Waals surface area contributed by atoms with Crippen molar-refractivity contribution in [2.24, 2.45) is 22.7 Å². The standard InChI is InChI=1S/C18H30O/c1-13-7-6-8-16-17(13,4)11-9-14(2)18(16,5)12-10-15(3)19/h7,14,16H,6,8-12H2,1-5H3. The quantitative estimate of drug-likeness (QED) is 0.642. The second-order valence-electron chi connectivity index (χ2n) is 7.58. The summed E-state index contributed by atoms with van der Waals surface area (Å²) < 4.78 is 0. The van der Waals surface area contributed by atoms with Gasteiger partial charge in [-0.3, -0.25) is 0 Å². The molecule has 1 nitrogen and oxygen atoms in total. The highest BCUT2D eigenvalue weighted by atomic mass is 16.1. The van der Waals surface area contributed by atoms with Gasteiger partial charge in [0.15, 0.2) is 0 Å². The van der Waals surface area contributed by atoms with E-state index in [2.05, 4.69) is 33.8 Å². The van der Waals surface area contributed by atoms with E-state index >= 15 is 0 Å². The molecule has 0 spiro atoms. The normalized spacial score (nSPS) is 42.5. The summed E-state index contributed by atoms with van der Waals surface area (Å²) in [5.41, 5.74) is 2.33. The predicted octanol–water partition coefficient (Wildman–Crippen LogP) is 5.15. The first-order chi connectivity index (χ1) is 8.80. The van der Waals surface area contributed by atoms with Crippen molar-refractivity contribution < 1.29 is 4.79 Å². The maximum Gasteiger partial charge on any atom is 0.129 e. The molecule has 2 aliphatic rings. The highest BCUT2D eigenvalue weighted by Gasteiger charge is 2.52. The fourth-order valence-corrected chi connectivity index (χ4v) is 4.78. The fourth-order valence-electron chi connectivity index (χ4n) is 4.78. The van der Waals surface area contributed by atoms with E-state index < -0.39 is 0 Å². The molecule has 4 unspecified atom stereocenters. The number of hydrogen-bond donors (Lipinski definition) is 0. The van der Waals surface area contributed by atoms with Gasteiger partial charge in [0.1, 0.15) is 5.78 Å². The molecule has 0 aromatic rings. The van der Waals surface area contributed by atoms with Crippen LogP contribution in [0.15, 0.2) is 11.6 Å². The van der Waals surface area contributed by atoms with Crippen LogP contribution < -0.4 is 0 Å². The number of hydrogen-bond acceptors (Lipinski definition) is 1. The van der Waals surface area contributed by atoms with Gasteiger partial charge < -0.3 is 4.79 Å². The van der Waals surface area contributed by atoms with Crippen LogP contribution >= 0.6 is 0 Å². The molecule has 2 rings (SSSR count). The number of ketones is 1. The number of Topliss-reactive ketones (excluding diaryl/α,β-unsaturated/α-hetero) is 1. The summed E-state index contributed by atoms with van der Waals surface area (Å²) in [6, 6.07) is 0. The van der Waals surface area contributed by atoms with Crippen molar-refractivity contribution >= 4 is 5.78 Å². The van der Waals surface area contributed by atoms with E-state index in [4.69, 9.17) is 0 Å². The molecule has 1 saturated carbocycles. The molecule has 2 aliphatic carbocycles. The Kier molecular flexibility index (Phi) is 3.95. The molecule has 0 aromatic carbocycles. The van der Waals surface area contributed by atoms with Gasteiger partial charge in [-0.2, -0.15) is 0 Å². The van der Waals surface area contributed by atoms with Crippen LogP contribution in [0.3, 0.4) is 0 Å². The van der Waals surface area contributed by atoms with Crippen LogP contribution in [0.2, 0.25) is 0 Å². The zero-order valence-corrected chi connectivity index (χ0v) is 13.4. The molecule has 19 heavy (non-hydrogen) atoms. The molecule has 0 radical (unpaired) electrons. The summed E-state index contributed by atoms with van der Waals surface area (Å²) in [6.07, 6.45) is 9.48. The largest absolute Gasteiger partial charge is 0.300 e. The Balaban J connectivity index is 2.30. The molecule has 0 N–H and O–H groups in total. The van der Waals surface area contributed by atoms with Crippen LogP contribution in [-0.4, -0.2) is 5.78 Å². The van der Waals surface area contributed by atoms with Gasteiger partial charge in [0.05, 0.1) is 0 Å². The van der Waals surface area contributed by atoms with Gasteiger partial charge in [0, 0.05) is 6.42 Å². The lowest BCUT2D eigenvalue weighted by Gasteiger charge is -2.58. The van der Waals surface area contributed by atoms with Gasteiger partial charge in [0.25, 0.3) is 0 Å². The van der Waals surface area contributed by atoms with Crippen LogP contribution in [0.4, 0.5) is 0 Å². The average molecular weight is 262 g/mol. The second-order valence-corrected chi connectivity index (χ2v) is 7.58. The third-order valence-electron chi connectivity index (χ3n) is 6.61. The van der Waals surface area contributed by atoms with Crippen molar-refractivity contribution in [3.05, 3.63) is 11.6 Å². The lowest BCUT2D eigenvalue weighted by molar-refractivity contribution is -0.119. The van der Waals surface area contributed by atoms with Gasteiger partial charge in [-0.25, -0.2) is 0 Å². The van der Waals surface area contributed by atoms with Gasteiger partial charge >= 0.3 is 0 Å². The Morgan fingerprint density at radius 1 is 1.37 bits per heavy atom. The summed E-state index contributed by atoms with van der Waals surface area (Å²) in [5.74, 6) is 1.85. The molecular formula is C18H30O. The predicted molar refractivity (Wildman–Crippen MR) is 81.0 cm³/mol. The van der Waals surface area contributed by atoms with Gasteiger partial charge in [-0.05, 0) is 68.6 Å². The van der Waals surface area contributed by atoms with E-state index in [0.29, 0.717) is 16.6 Å². The van der Waals surface area contributed by atoms with Crippen LogP contribution in [0.5, 0.6) is 0 Å². The summed E-state index contributed by atoms with van der Waals surface area (Å²) in [5, 5.41) is 0. The summed E-state index contributed by atoms with van der Waals surface area (Å²) in [6.45, 7) is 11.4. The molecule has 0 aromatic heterocycles. The minimum Gasteiger partial charge on any atom is -0.300 e. The molecule has 0 amide bonds. The maximum absolute atomic E-state index is 11.4. The number of fused-ring (bicyclic) bond motifs is 1. The monoisotopic (exact) mass is 262 g/mol. The third kappa shape index (κ3) is 2.41. The van der Waals surface area contributed by atoms with E-state index in [1.54, 1.807) is 12.5 Å². The second kappa shape index (κ2) is 5.07. The molecule has 4 atom stereocenters. The van der Waals surface area contributed by atoms with E-state index in [-0.39, 0.29) is 0 Å². The van der Waals surface area contributed by atoms with Crippen LogP contribution in [0.25, 0.3) is 0 Å². The third-order valence-corrected chi connectivity index (χ3v) is 6.61. The molecule has 1 fully saturated rings. The van der Waals surface area contributed by atoms with E-state index in [1.165, 1.54) is 25.7 Å². The molecule has 0 bridgehead atoms. The van der Waals surface area contributed by atoms with Crippen molar-refractivity contribution in [2.75, 3.05) is 0 Å². The highest BCUT2D eigenvalue weighted by Crippen LogP contribution is 2.61. The number of rotatable bonds is 3. The van der Waals surface area contributed by atoms with Crippen LogP contribution in [0.1, 0.15) is 73.1 Å². The van der Waals surface area contributed by atoms with Gasteiger partial charge in [-0.1, -0.05) is 32.4 Å². The lowest BCUT2D eigenvalue weighted by atomic mass is 9.47. The van der Waals surface area contributed by atoms with E-state index in [1.807, 2.05) is 0 Å². The van der Waals surface area contributed by atoms with Crippen LogP contribution in [-0.2, 0) is 4.79 Å². The zero-order valence-electron chi connectivity index (χ0n) is 13.4. The van der Waals surface area contributed by atoms with Crippen molar-refractivity contribution in [1.82, 2.24) is 0 Å². The van der Waals surface area contributed by atoms with E-state index in [0.717, 1.165) is 24.7 Å². The Labute approximate surface area is 118 Å². The fraction of sp³-hybridized carbons (Fsp3) is 0.833. The molecule has 1 heteroatoms. The first kappa shape index (κ1) is 14.8.